The van der Waals surface area contributed by atoms with E-state index in [1.165, 1.54) is 24.3 Å². The SMILES string of the molecule is O=C(NCC(NC(=O)c1c(Cl)ccc(NS(=O)(=O)c2ccccc2)c1Cl)C(=O)O)NC1CCc2ccccc21. The van der Waals surface area contributed by atoms with Gasteiger partial charge < -0.3 is 21.1 Å². The molecule has 4 rings (SSSR count). The van der Waals surface area contributed by atoms with Crippen molar-refractivity contribution in [2.45, 2.75) is 29.8 Å². The average Bonchev–Trinajstić information content (AvgIpc) is 3.31. The molecule has 39 heavy (non-hydrogen) atoms. The van der Waals surface area contributed by atoms with Gasteiger partial charge in [-0.3, -0.25) is 9.52 Å². The molecule has 0 saturated carbocycles. The number of urea groups is 1. The highest BCUT2D eigenvalue weighted by Crippen LogP contribution is 2.33. The molecule has 1 aliphatic rings. The minimum atomic E-state index is -4.03. The van der Waals surface area contributed by atoms with Gasteiger partial charge in [0.1, 0.15) is 6.04 Å². The van der Waals surface area contributed by atoms with E-state index in [0.717, 1.165) is 17.5 Å². The number of hydrogen-bond donors (Lipinski definition) is 5. The number of rotatable bonds is 9. The fourth-order valence-corrected chi connectivity index (χ4v) is 5.92. The first-order valence-electron chi connectivity index (χ1n) is 11.8. The van der Waals surface area contributed by atoms with Gasteiger partial charge in [0.05, 0.1) is 38.8 Å². The van der Waals surface area contributed by atoms with Crippen molar-refractivity contribution in [2.24, 2.45) is 0 Å². The second-order valence-electron chi connectivity index (χ2n) is 8.71. The molecule has 5 N–H and O–H groups in total. The fraction of sp³-hybridized carbons (Fsp3) is 0.192. The van der Waals surface area contributed by atoms with Crippen molar-refractivity contribution < 1.29 is 27.9 Å². The van der Waals surface area contributed by atoms with Crippen molar-refractivity contribution in [2.75, 3.05) is 11.3 Å². The number of hydrogen-bond acceptors (Lipinski definition) is 5. The Morgan fingerprint density at radius 3 is 2.38 bits per heavy atom. The molecule has 0 fully saturated rings. The predicted molar refractivity (Wildman–Crippen MR) is 147 cm³/mol. The summed E-state index contributed by atoms with van der Waals surface area (Å²) in [6.45, 7) is -0.434. The number of halogens is 2. The van der Waals surface area contributed by atoms with Crippen molar-refractivity contribution >= 4 is 56.8 Å². The van der Waals surface area contributed by atoms with E-state index >= 15 is 0 Å². The smallest absolute Gasteiger partial charge is 0.328 e. The maximum atomic E-state index is 13.0. The number of aryl methyl sites for hydroxylation is 1. The van der Waals surface area contributed by atoms with Gasteiger partial charge in [0.25, 0.3) is 15.9 Å². The quantitative estimate of drug-likeness (QED) is 0.254. The van der Waals surface area contributed by atoms with Crippen LogP contribution in [0.5, 0.6) is 0 Å². The van der Waals surface area contributed by atoms with Crippen LogP contribution in [0.1, 0.15) is 33.9 Å². The molecule has 204 valence electrons. The molecular weight excluding hydrogens is 567 g/mol. The van der Waals surface area contributed by atoms with Gasteiger partial charge in [-0.25, -0.2) is 18.0 Å². The molecule has 0 saturated heterocycles. The van der Waals surface area contributed by atoms with E-state index in [9.17, 15) is 27.9 Å². The van der Waals surface area contributed by atoms with Crippen LogP contribution in [-0.2, 0) is 21.2 Å². The summed E-state index contributed by atoms with van der Waals surface area (Å²) in [6, 6.07) is 15.4. The molecule has 0 heterocycles. The van der Waals surface area contributed by atoms with Gasteiger partial charge in [-0.1, -0.05) is 65.7 Å². The molecule has 0 bridgehead atoms. The van der Waals surface area contributed by atoms with E-state index in [2.05, 4.69) is 20.7 Å². The topological polar surface area (TPSA) is 154 Å². The third kappa shape index (κ3) is 6.62. The Bertz CT molecular complexity index is 1520. The second-order valence-corrected chi connectivity index (χ2v) is 11.2. The number of fused-ring (bicyclic) bond motifs is 1. The molecule has 10 nitrogen and oxygen atoms in total. The van der Waals surface area contributed by atoms with E-state index in [1.54, 1.807) is 18.2 Å². The van der Waals surface area contributed by atoms with Crippen LogP contribution in [0.15, 0.2) is 71.6 Å². The molecule has 0 aromatic heterocycles. The molecular formula is C26H24Cl2N4O6S. The number of amides is 3. The van der Waals surface area contributed by atoms with Gasteiger partial charge >= 0.3 is 12.0 Å². The maximum absolute atomic E-state index is 13.0. The standard InChI is InChI=1S/C26H24Cl2N4O6S/c27-18-11-13-20(32-39(37,38)16-7-2-1-3-8-16)23(28)22(18)24(33)30-21(25(34)35)14-29-26(36)31-19-12-10-15-6-4-5-9-17(15)19/h1-9,11,13,19,21,32H,10,12,14H2,(H,30,33)(H,34,35)(H2,29,31,36). The average molecular weight is 591 g/mol. The summed E-state index contributed by atoms with van der Waals surface area (Å²) in [7, 11) is -4.03. The van der Waals surface area contributed by atoms with E-state index in [0.29, 0.717) is 6.42 Å². The lowest BCUT2D eigenvalue weighted by molar-refractivity contribution is -0.139. The van der Waals surface area contributed by atoms with Gasteiger partial charge in [0.15, 0.2) is 0 Å². The van der Waals surface area contributed by atoms with Crippen LogP contribution in [0, 0.1) is 0 Å². The Balaban J connectivity index is 1.43. The van der Waals surface area contributed by atoms with Gasteiger partial charge in [0, 0.05) is 0 Å². The van der Waals surface area contributed by atoms with Crippen LogP contribution in [-0.4, -0.2) is 44.0 Å². The summed E-state index contributed by atoms with van der Waals surface area (Å²) in [6.07, 6.45) is 1.53. The summed E-state index contributed by atoms with van der Waals surface area (Å²) in [5, 5.41) is 16.7. The van der Waals surface area contributed by atoms with Crippen LogP contribution in [0.25, 0.3) is 0 Å². The van der Waals surface area contributed by atoms with Gasteiger partial charge in [0.2, 0.25) is 0 Å². The minimum absolute atomic E-state index is 0.0293. The molecule has 13 heteroatoms. The third-order valence-electron chi connectivity index (χ3n) is 6.12. The minimum Gasteiger partial charge on any atom is -0.480 e. The third-order valence-corrected chi connectivity index (χ3v) is 8.21. The Labute approximate surface area is 234 Å². The number of carbonyl (C=O) groups is 3. The van der Waals surface area contributed by atoms with Crippen molar-refractivity contribution in [3.63, 3.8) is 0 Å². The van der Waals surface area contributed by atoms with Crippen LogP contribution >= 0.6 is 23.2 Å². The number of carboxylic acid groups (broad SMARTS) is 1. The number of anilines is 1. The number of benzene rings is 3. The largest absolute Gasteiger partial charge is 0.480 e. The zero-order chi connectivity index (χ0) is 28.2. The second kappa shape index (κ2) is 11.9. The highest BCUT2D eigenvalue weighted by molar-refractivity contribution is 7.92. The summed E-state index contributed by atoms with van der Waals surface area (Å²) in [4.78, 5) is 37.3. The van der Waals surface area contributed by atoms with E-state index in [1.807, 2.05) is 24.3 Å². The maximum Gasteiger partial charge on any atom is 0.328 e. The molecule has 0 aliphatic heterocycles. The molecule has 1 aliphatic carbocycles. The van der Waals surface area contributed by atoms with Crippen molar-refractivity contribution in [1.29, 1.82) is 0 Å². The molecule has 3 aromatic rings. The molecule has 2 atom stereocenters. The normalized spacial score (nSPS) is 15.1. The lowest BCUT2D eigenvalue weighted by Gasteiger charge is -2.19. The number of nitrogens with one attached hydrogen (secondary N) is 4. The summed E-state index contributed by atoms with van der Waals surface area (Å²) in [5.74, 6) is -2.38. The zero-order valence-corrected chi connectivity index (χ0v) is 22.6. The first-order chi connectivity index (χ1) is 18.6. The Morgan fingerprint density at radius 1 is 0.974 bits per heavy atom. The van der Waals surface area contributed by atoms with Crippen LogP contribution < -0.4 is 20.7 Å². The lowest BCUT2D eigenvalue weighted by Crippen LogP contribution is -2.50. The van der Waals surface area contributed by atoms with Crippen molar-refractivity contribution in [1.82, 2.24) is 16.0 Å². The Morgan fingerprint density at radius 2 is 1.67 bits per heavy atom. The van der Waals surface area contributed by atoms with Gasteiger partial charge in [-0.2, -0.15) is 0 Å². The van der Waals surface area contributed by atoms with Crippen molar-refractivity contribution in [3.05, 3.63) is 93.5 Å². The molecule has 3 amide bonds. The van der Waals surface area contributed by atoms with E-state index in [-0.39, 0.29) is 32.2 Å². The van der Waals surface area contributed by atoms with Gasteiger partial charge in [-0.15, -0.1) is 0 Å². The van der Waals surface area contributed by atoms with Crippen LogP contribution in [0.2, 0.25) is 10.0 Å². The molecule has 3 aromatic carbocycles. The zero-order valence-electron chi connectivity index (χ0n) is 20.3. The Kier molecular flexibility index (Phi) is 8.63. The molecule has 0 radical (unpaired) electrons. The highest BCUT2D eigenvalue weighted by atomic mass is 35.5. The first kappa shape index (κ1) is 28.2. The van der Waals surface area contributed by atoms with Crippen LogP contribution in [0.3, 0.4) is 0 Å². The summed E-state index contributed by atoms with van der Waals surface area (Å²) < 4.78 is 27.7. The lowest BCUT2D eigenvalue weighted by atomic mass is 10.1. The van der Waals surface area contributed by atoms with E-state index < -0.39 is 40.5 Å². The number of sulfonamides is 1. The number of aliphatic carboxylic acids is 1. The first-order valence-corrected chi connectivity index (χ1v) is 14.0. The summed E-state index contributed by atoms with van der Waals surface area (Å²) in [5.41, 5.74) is 1.68. The molecule has 2 unspecified atom stereocenters. The van der Waals surface area contributed by atoms with Crippen LogP contribution in [0.4, 0.5) is 10.5 Å². The highest BCUT2D eigenvalue weighted by Gasteiger charge is 2.28. The fourth-order valence-electron chi connectivity index (χ4n) is 4.18. The number of carbonyl (C=O) groups excluding carboxylic acids is 2. The summed E-state index contributed by atoms with van der Waals surface area (Å²) >= 11 is 12.5. The molecule has 0 spiro atoms. The van der Waals surface area contributed by atoms with Gasteiger partial charge in [-0.05, 0) is 48.2 Å². The monoisotopic (exact) mass is 590 g/mol. The van der Waals surface area contributed by atoms with E-state index in [4.69, 9.17) is 23.2 Å². The van der Waals surface area contributed by atoms with Crippen molar-refractivity contribution in [3.8, 4) is 0 Å². The predicted octanol–water partition coefficient (Wildman–Crippen LogP) is 3.96. The Hall–Kier alpha value is -3.80. The number of carboxylic acids is 1.